The van der Waals surface area contributed by atoms with Gasteiger partial charge in [-0.1, -0.05) is 18.2 Å². The fourth-order valence-corrected chi connectivity index (χ4v) is 7.06. The highest BCUT2D eigenvalue weighted by Gasteiger charge is 2.39. The summed E-state index contributed by atoms with van der Waals surface area (Å²) in [5.74, 6) is 5.08. The zero-order chi connectivity index (χ0) is 29.2. The van der Waals surface area contributed by atoms with Crippen molar-refractivity contribution in [2.45, 2.75) is 37.8 Å². The second kappa shape index (κ2) is 10.1. The minimum atomic E-state index is -0.0119. The smallest absolute Gasteiger partial charge is 0.212 e. The van der Waals surface area contributed by atoms with E-state index in [9.17, 15) is 5.11 Å². The molecule has 0 amide bonds. The van der Waals surface area contributed by atoms with Gasteiger partial charge in [-0.05, 0) is 97.9 Å². The van der Waals surface area contributed by atoms with Gasteiger partial charge in [-0.25, -0.2) is 0 Å². The van der Waals surface area contributed by atoms with Crippen LogP contribution in [-0.2, 0) is 25.7 Å². The number of phenolic OH excluding ortho intramolecular Hbond substituents is 1. The molecule has 10 bridgehead atoms. The summed E-state index contributed by atoms with van der Waals surface area (Å²) in [7, 11) is 5.50. The number of likely N-dealkylation sites (N-methyl/N-ethyl adjacent to an activating group) is 1. The average molecular weight is 579 g/mol. The van der Waals surface area contributed by atoms with Crippen molar-refractivity contribution in [2.75, 3.05) is 34.4 Å². The van der Waals surface area contributed by atoms with E-state index < -0.39 is 0 Å². The quantitative estimate of drug-likeness (QED) is 0.242. The second-order valence-electron chi connectivity index (χ2n) is 11.8. The molecule has 6 heterocycles. The number of nitrogens with zero attached hydrogens (tertiary/aromatic N) is 1. The van der Waals surface area contributed by atoms with Gasteiger partial charge in [0.15, 0.2) is 34.5 Å². The van der Waals surface area contributed by atoms with Gasteiger partial charge < -0.3 is 34.1 Å². The Labute approximate surface area is 250 Å². The van der Waals surface area contributed by atoms with Crippen LogP contribution in [0.4, 0.5) is 0 Å². The molecule has 0 radical (unpaired) electrons. The van der Waals surface area contributed by atoms with Crippen LogP contribution < -0.4 is 29.0 Å². The summed E-state index contributed by atoms with van der Waals surface area (Å²) in [6.07, 6.45) is 3.14. The Morgan fingerprint density at radius 1 is 0.767 bits per heavy atom. The summed E-state index contributed by atoms with van der Waals surface area (Å²) in [5, 5.41) is 14.4. The molecular weight excluding hydrogens is 544 g/mol. The number of fused-ring (bicyclic) bond motifs is 1. The third-order valence-electron chi connectivity index (χ3n) is 9.28. The van der Waals surface area contributed by atoms with Gasteiger partial charge in [0.2, 0.25) is 11.5 Å². The third kappa shape index (κ3) is 4.27. The maximum absolute atomic E-state index is 10.7. The molecule has 4 aromatic carbocycles. The predicted octanol–water partition coefficient (Wildman–Crippen LogP) is 6.61. The average Bonchev–Trinajstić information content (AvgIpc) is 3.02. The fourth-order valence-electron chi connectivity index (χ4n) is 7.06. The van der Waals surface area contributed by atoms with Crippen LogP contribution in [0.5, 0.6) is 51.7 Å². The SMILES string of the molecule is COc1cc2c3c4c1Oc1c(c(OC)cc5c1[C@H](Cc1ccc(O)c(c1)Oc1ccc(cc1)C[C@H]3NCC2)N(C)CC5)O4. The van der Waals surface area contributed by atoms with Crippen LogP contribution in [0.3, 0.4) is 0 Å². The van der Waals surface area contributed by atoms with Gasteiger partial charge in [-0.3, -0.25) is 4.90 Å². The summed E-state index contributed by atoms with van der Waals surface area (Å²) in [5.41, 5.74) is 6.71. The van der Waals surface area contributed by atoms with E-state index in [1.165, 1.54) is 11.1 Å². The maximum Gasteiger partial charge on any atom is 0.212 e. The van der Waals surface area contributed by atoms with Gasteiger partial charge >= 0.3 is 0 Å². The molecule has 8 heteroatoms. The molecule has 0 saturated carbocycles. The molecule has 0 spiro atoms. The molecule has 43 heavy (non-hydrogen) atoms. The Balaban J connectivity index is 1.38. The largest absolute Gasteiger partial charge is 0.504 e. The molecule has 10 rings (SSSR count). The molecule has 4 aromatic rings. The molecule has 0 aliphatic carbocycles. The normalized spacial score (nSPS) is 19.9. The summed E-state index contributed by atoms with van der Waals surface area (Å²) in [4.78, 5) is 2.35. The first kappa shape index (κ1) is 26.2. The monoisotopic (exact) mass is 578 g/mol. The number of ether oxygens (including phenoxy) is 5. The van der Waals surface area contributed by atoms with Crippen LogP contribution in [0.1, 0.15) is 45.5 Å². The number of hydrogen-bond acceptors (Lipinski definition) is 8. The summed E-state index contributed by atoms with van der Waals surface area (Å²) in [6.45, 7) is 1.73. The van der Waals surface area contributed by atoms with Crippen molar-refractivity contribution in [3.05, 3.63) is 88.0 Å². The molecular formula is C35H34N2O6. The lowest BCUT2D eigenvalue weighted by Crippen LogP contribution is -2.34. The van der Waals surface area contributed by atoms with Crippen LogP contribution in [0.2, 0.25) is 0 Å². The number of aromatic hydroxyl groups is 1. The molecule has 8 nitrogen and oxygen atoms in total. The molecule has 0 fully saturated rings. The van der Waals surface area contributed by atoms with Gasteiger partial charge in [0, 0.05) is 29.8 Å². The number of nitrogens with one attached hydrogen (secondary N) is 1. The Hall–Kier alpha value is -4.40. The van der Waals surface area contributed by atoms with Crippen molar-refractivity contribution < 1.29 is 28.8 Å². The van der Waals surface area contributed by atoms with E-state index in [1.807, 2.05) is 24.3 Å². The topological polar surface area (TPSA) is 81.7 Å². The van der Waals surface area contributed by atoms with E-state index in [2.05, 4.69) is 41.5 Å². The van der Waals surface area contributed by atoms with Crippen LogP contribution in [0, 0.1) is 0 Å². The number of hydrogen-bond donors (Lipinski definition) is 2. The Morgan fingerprint density at radius 3 is 2.16 bits per heavy atom. The highest BCUT2D eigenvalue weighted by atomic mass is 16.6. The number of benzene rings is 4. The van der Waals surface area contributed by atoms with Crippen molar-refractivity contribution in [3.63, 3.8) is 0 Å². The standard InChI is InChI=1S/C35H34N2O6/c1-37-13-11-22-18-29(40-3)33-35-31(22)25(37)15-20-6-9-26(38)27(16-20)41-23-7-4-19(5-8-23)14-24-30-21(10-12-36-24)17-28(39-2)32(43-35)34(30)42-33/h4-9,16-18,24-25,36,38H,10-15H2,1-3H3/t24-,25+/m1/s1. The van der Waals surface area contributed by atoms with Gasteiger partial charge in [-0.2, -0.15) is 0 Å². The Bertz CT molecular complexity index is 1750. The summed E-state index contributed by atoms with van der Waals surface area (Å²) < 4.78 is 31.9. The van der Waals surface area contributed by atoms with Gasteiger partial charge in [0.25, 0.3) is 0 Å². The number of rotatable bonds is 2. The predicted molar refractivity (Wildman–Crippen MR) is 162 cm³/mol. The third-order valence-corrected chi connectivity index (χ3v) is 9.28. The lowest BCUT2D eigenvalue weighted by molar-refractivity contribution is 0.218. The van der Waals surface area contributed by atoms with Crippen molar-refractivity contribution in [1.82, 2.24) is 10.2 Å². The van der Waals surface area contributed by atoms with Gasteiger partial charge in [0.05, 0.1) is 14.2 Å². The van der Waals surface area contributed by atoms with Gasteiger partial charge in [-0.15, -0.1) is 0 Å². The van der Waals surface area contributed by atoms with Crippen LogP contribution in [-0.4, -0.2) is 44.4 Å². The highest BCUT2D eigenvalue weighted by molar-refractivity contribution is 5.71. The molecule has 0 unspecified atom stereocenters. The van der Waals surface area contributed by atoms with Crippen molar-refractivity contribution in [2.24, 2.45) is 0 Å². The first-order valence-corrected chi connectivity index (χ1v) is 14.9. The molecule has 6 aliphatic rings. The minimum absolute atomic E-state index is 0.00226. The molecule has 0 saturated heterocycles. The van der Waals surface area contributed by atoms with E-state index in [0.717, 1.165) is 54.6 Å². The molecule has 220 valence electrons. The summed E-state index contributed by atoms with van der Waals surface area (Å²) >= 11 is 0. The Morgan fingerprint density at radius 2 is 1.44 bits per heavy atom. The summed E-state index contributed by atoms with van der Waals surface area (Å²) in [6, 6.07) is 17.9. The highest BCUT2D eigenvalue weighted by Crippen LogP contribution is 2.60. The molecule has 0 aromatic heterocycles. The molecule has 2 N–H and O–H groups in total. The van der Waals surface area contributed by atoms with E-state index >= 15 is 0 Å². The molecule has 6 aliphatic heterocycles. The van der Waals surface area contributed by atoms with E-state index in [1.54, 1.807) is 20.3 Å². The van der Waals surface area contributed by atoms with Gasteiger partial charge in [0.1, 0.15) is 5.75 Å². The Kier molecular flexibility index (Phi) is 6.17. The maximum atomic E-state index is 10.7. The fraction of sp³-hybridized carbons (Fsp3) is 0.314. The number of methoxy groups -OCH3 is 2. The van der Waals surface area contributed by atoms with Crippen molar-refractivity contribution >= 4 is 0 Å². The van der Waals surface area contributed by atoms with E-state index in [0.29, 0.717) is 52.4 Å². The zero-order valence-electron chi connectivity index (χ0n) is 24.5. The van der Waals surface area contributed by atoms with Crippen LogP contribution in [0.25, 0.3) is 0 Å². The van der Waals surface area contributed by atoms with Crippen LogP contribution in [0.15, 0.2) is 54.6 Å². The second-order valence-corrected chi connectivity index (χ2v) is 11.8. The lowest BCUT2D eigenvalue weighted by atomic mass is 9.86. The van der Waals surface area contributed by atoms with Crippen molar-refractivity contribution in [1.29, 1.82) is 0 Å². The first-order chi connectivity index (χ1) is 21.0. The van der Waals surface area contributed by atoms with E-state index in [4.69, 9.17) is 23.7 Å². The number of phenols is 1. The van der Waals surface area contributed by atoms with Crippen molar-refractivity contribution in [3.8, 4) is 51.7 Å². The molecule has 2 atom stereocenters. The lowest BCUT2D eigenvalue weighted by Gasteiger charge is -2.39. The zero-order valence-corrected chi connectivity index (χ0v) is 24.5. The minimum Gasteiger partial charge on any atom is -0.504 e. The van der Waals surface area contributed by atoms with Crippen LogP contribution >= 0.6 is 0 Å². The first-order valence-electron chi connectivity index (χ1n) is 14.9. The van der Waals surface area contributed by atoms with E-state index in [-0.39, 0.29) is 17.8 Å².